The van der Waals surface area contributed by atoms with E-state index >= 15 is 0 Å². The Labute approximate surface area is 271 Å². The molecule has 1 unspecified atom stereocenters. The zero-order valence-electron chi connectivity index (χ0n) is 21.8. The molecule has 0 aliphatic carbocycles. The number of nitrogens with one attached hydrogen (secondary N) is 2. The van der Waals surface area contributed by atoms with Crippen LogP contribution in [0.2, 0.25) is 0 Å². The zero-order chi connectivity index (χ0) is 22.5. The van der Waals surface area contributed by atoms with Crippen LogP contribution in [0.4, 0.5) is 0 Å². The predicted octanol–water partition coefficient (Wildman–Crippen LogP) is -14.4. The number of aryl methyl sites for hydroxylation is 1. The van der Waals surface area contributed by atoms with Gasteiger partial charge in [-0.1, -0.05) is 12.1 Å². The van der Waals surface area contributed by atoms with E-state index in [9.17, 15) is 29.4 Å². The number of hydrogen-bond donors (Lipinski definition) is 3. The van der Waals surface area contributed by atoms with Gasteiger partial charge in [0.1, 0.15) is 11.8 Å². The van der Waals surface area contributed by atoms with Gasteiger partial charge in [-0.25, -0.2) is 4.99 Å². The van der Waals surface area contributed by atoms with Crippen molar-refractivity contribution in [2.24, 2.45) is 21.6 Å². The van der Waals surface area contributed by atoms with Gasteiger partial charge in [0.2, 0.25) is 11.9 Å². The van der Waals surface area contributed by atoms with E-state index in [2.05, 4.69) is 20.6 Å². The second kappa shape index (κ2) is 24.5. The number of hydrogen-bond acceptors (Lipinski definition) is 9. The summed E-state index contributed by atoms with van der Waals surface area (Å²) in [5.41, 5.74) is 7.43. The smallest absolute Gasteiger partial charge is 0.550 e. The molecule has 0 fully saturated rings. The van der Waals surface area contributed by atoms with Crippen molar-refractivity contribution in [1.82, 2.24) is 10.6 Å². The van der Waals surface area contributed by atoms with Gasteiger partial charge < -0.3 is 69.2 Å². The monoisotopic (exact) mass is 597 g/mol. The largest absolute Gasteiger partial charge is 1.00 e. The number of carbonyl (C=O) groups excluding carboxylic acids is 4. The Bertz CT molecular complexity index is 1040. The number of guanidine groups is 1. The first-order valence-electron chi connectivity index (χ1n) is 9.46. The second-order valence-corrected chi connectivity index (χ2v) is 7.06. The molecule has 0 saturated carbocycles. The first-order valence-corrected chi connectivity index (χ1v) is 9.46. The number of nitrogens with zero attached hydrogens (tertiary/aromatic N) is 2. The van der Waals surface area contributed by atoms with Gasteiger partial charge in [0.05, 0.1) is 12.0 Å². The Morgan fingerprint density at radius 2 is 1.50 bits per heavy atom. The van der Waals surface area contributed by atoms with Gasteiger partial charge in [-0.2, -0.15) is 4.99 Å². The summed E-state index contributed by atoms with van der Waals surface area (Å²) < 4.78 is 0. The van der Waals surface area contributed by atoms with Crippen molar-refractivity contribution in [2.45, 2.75) is 31.7 Å². The maximum Gasteiger partial charge on any atom is 1.00 e. The van der Waals surface area contributed by atoms with Crippen LogP contribution in [-0.4, -0.2) is 79.9 Å². The van der Waals surface area contributed by atoms with Crippen molar-refractivity contribution in [3.05, 3.63) is 47.2 Å². The molecule has 2 aliphatic rings. The molecule has 18 N–H and O–H groups in total. The number of fused-ring (bicyclic) bond motifs is 1. The molecule has 3 rings (SSSR count). The Morgan fingerprint density at radius 3 is 2.00 bits per heavy atom. The van der Waals surface area contributed by atoms with Crippen molar-refractivity contribution in [1.29, 1.82) is 0 Å². The van der Waals surface area contributed by atoms with Gasteiger partial charge >= 0.3 is 59.1 Å². The number of nitrogens with two attached hydrogens (primary N) is 1. The second-order valence-electron chi connectivity index (χ2n) is 7.06. The van der Waals surface area contributed by atoms with E-state index in [4.69, 9.17) is 5.73 Å². The van der Waals surface area contributed by atoms with E-state index in [1.807, 2.05) is 0 Å². The molecule has 0 radical (unpaired) electrons. The van der Waals surface area contributed by atoms with Crippen LogP contribution in [0.5, 0.6) is 0 Å². The molecular weight excluding hydrogens is 564 g/mol. The SMILES string of the molecule is NC1=NC2=NC=C(CCc3ccc(C(=O)N[C@@H](CCC(=O)[O-])C(=O)[O-])cc3)C2C(=O)N1.O.O.O.O.O.O.O.[Na+].[Na+]. The third-order valence-electron chi connectivity index (χ3n) is 4.89. The summed E-state index contributed by atoms with van der Waals surface area (Å²) in [5.74, 6) is -4.10. The van der Waals surface area contributed by atoms with Crippen molar-refractivity contribution in [3.8, 4) is 0 Å². The van der Waals surface area contributed by atoms with Gasteiger partial charge in [0.15, 0.2) is 0 Å². The van der Waals surface area contributed by atoms with Crippen LogP contribution in [0, 0.1) is 5.92 Å². The molecule has 0 saturated heterocycles. The van der Waals surface area contributed by atoms with Crippen LogP contribution < -0.4 is 85.7 Å². The fraction of sp³-hybridized carbons (Fsp3) is 0.300. The van der Waals surface area contributed by atoms with Crippen LogP contribution in [-0.2, 0) is 20.8 Å². The molecule has 20 heteroatoms. The first kappa shape index (κ1) is 53.9. The number of aliphatic carboxylic acids is 2. The molecule has 0 bridgehead atoms. The van der Waals surface area contributed by atoms with E-state index in [1.54, 1.807) is 18.3 Å². The normalized spacial score (nSPS) is 14.1. The Balaban J connectivity index is -0.000000242. The quantitative estimate of drug-likeness (QED) is 0.230. The van der Waals surface area contributed by atoms with Crippen LogP contribution in [0.3, 0.4) is 0 Å². The molecule has 2 aliphatic heterocycles. The molecule has 2 amide bonds. The van der Waals surface area contributed by atoms with Crippen LogP contribution >= 0.6 is 0 Å². The zero-order valence-corrected chi connectivity index (χ0v) is 25.8. The summed E-state index contributed by atoms with van der Waals surface area (Å²) in [7, 11) is 0. The maximum absolute atomic E-state index is 12.2. The summed E-state index contributed by atoms with van der Waals surface area (Å²) in [6.45, 7) is 0. The van der Waals surface area contributed by atoms with Crippen molar-refractivity contribution < 1.29 is 127 Å². The molecule has 2 heterocycles. The van der Waals surface area contributed by atoms with Crippen molar-refractivity contribution >= 4 is 35.5 Å². The minimum absolute atomic E-state index is 0. The van der Waals surface area contributed by atoms with E-state index in [1.165, 1.54) is 12.1 Å². The van der Waals surface area contributed by atoms with Gasteiger partial charge in [0.25, 0.3) is 5.91 Å². The Hall–Kier alpha value is -2.30. The van der Waals surface area contributed by atoms with Crippen molar-refractivity contribution in [2.75, 3.05) is 0 Å². The number of carboxylic acid groups (broad SMARTS) is 2. The average Bonchev–Trinajstić information content (AvgIpc) is 3.12. The summed E-state index contributed by atoms with van der Waals surface area (Å²) >= 11 is 0. The van der Waals surface area contributed by atoms with Crippen LogP contribution in [0.15, 0.2) is 46.0 Å². The number of aliphatic imine (C=N–C) groups is 2. The molecule has 1 aromatic rings. The minimum Gasteiger partial charge on any atom is -0.550 e. The van der Waals surface area contributed by atoms with E-state index in [0.717, 1.165) is 11.1 Å². The summed E-state index contributed by atoms with van der Waals surface area (Å²) in [4.78, 5) is 54.1. The summed E-state index contributed by atoms with van der Waals surface area (Å²) in [6.07, 6.45) is 1.87. The van der Waals surface area contributed by atoms with Gasteiger partial charge in [-0.05, 0) is 49.0 Å². The van der Waals surface area contributed by atoms with E-state index < -0.39 is 36.2 Å². The molecule has 18 nitrogen and oxygen atoms in total. The summed E-state index contributed by atoms with van der Waals surface area (Å²) in [6, 6.07) is 5.03. The van der Waals surface area contributed by atoms with Gasteiger partial charge in [0, 0.05) is 17.7 Å². The van der Waals surface area contributed by atoms with E-state index in [0.29, 0.717) is 18.7 Å². The number of benzene rings is 1. The minimum atomic E-state index is -1.57. The third-order valence-corrected chi connectivity index (χ3v) is 4.89. The van der Waals surface area contributed by atoms with Gasteiger partial charge in [-0.15, -0.1) is 0 Å². The third kappa shape index (κ3) is 14.4. The molecule has 0 spiro atoms. The maximum atomic E-state index is 12.2. The average molecular weight is 597 g/mol. The molecule has 1 aromatic carbocycles. The fourth-order valence-corrected chi connectivity index (χ4v) is 3.27. The molecule has 218 valence electrons. The number of carboxylic acids is 2. The summed E-state index contributed by atoms with van der Waals surface area (Å²) in [5, 5.41) is 26.3. The number of carbonyl (C=O) groups is 4. The Morgan fingerprint density at radius 1 is 0.950 bits per heavy atom. The van der Waals surface area contributed by atoms with E-state index in [-0.39, 0.29) is 121 Å². The number of rotatable bonds is 9. The van der Waals surface area contributed by atoms with Crippen LogP contribution in [0.25, 0.3) is 0 Å². The standard InChI is InChI=1S/C20H21N5O6.2Na.7H2O/c21-20-24-16-15(18(29)25-20)12(9-22-16)6-3-10-1-4-11(5-2-10)17(28)23-13(19(30)31)7-8-14(26)27;;;;;;;;;/h1-2,4-5,9,13,15H,3,6-8H2,(H,23,28)(H,26,27)(H,30,31)(H3,21,22,24,25,29);;;7*1H2/q;2*+1;;;;;;;/p-2/t13-,15?;;;;;;;;;/m0........./s1. The number of amidine groups is 1. The van der Waals surface area contributed by atoms with Crippen molar-refractivity contribution in [3.63, 3.8) is 0 Å². The molecule has 0 aromatic heterocycles. The predicted molar refractivity (Wildman–Crippen MR) is 129 cm³/mol. The fourth-order valence-electron chi connectivity index (χ4n) is 3.27. The molecule has 40 heavy (non-hydrogen) atoms. The first-order chi connectivity index (χ1) is 14.7. The topological polar surface area (TPSA) is 410 Å². The van der Waals surface area contributed by atoms with Gasteiger partial charge in [-0.3, -0.25) is 14.9 Å². The van der Waals surface area contributed by atoms with Crippen LogP contribution in [0.1, 0.15) is 35.2 Å². The Kier molecular flexibility index (Phi) is 33.0. The molecular formula is C20H33N5Na2O13. The number of amides is 2. The molecule has 2 atom stereocenters.